The van der Waals surface area contributed by atoms with Gasteiger partial charge >= 0.3 is 5.97 Å². The molecule has 1 fully saturated rings. The van der Waals surface area contributed by atoms with Crippen LogP contribution in [0.15, 0.2) is 65.8 Å². The Balaban J connectivity index is 1.78. The summed E-state index contributed by atoms with van der Waals surface area (Å²) in [6.07, 6.45) is 2.51. The average molecular weight is 403 g/mol. The van der Waals surface area contributed by atoms with Crippen LogP contribution in [0.25, 0.3) is 27.5 Å². The van der Waals surface area contributed by atoms with E-state index >= 15 is 0 Å². The van der Waals surface area contributed by atoms with E-state index in [0.717, 1.165) is 16.7 Å². The molecule has 0 spiro atoms. The highest BCUT2D eigenvalue weighted by molar-refractivity contribution is 8.01. The molecule has 0 radical (unpaired) electrons. The number of nitrogens with zero attached hydrogens (tertiary/aromatic N) is 2. The molecule has 3 aromatic carbocycles. The van der Waals surface area contributed by atoms with Crippen LogP contribution in [0.3, 0.4) is 0 Å². The van der Waals surface area contributed by atoms with E-state index < -0.39 is 10.7 Å². The first-order valence-electron chi connectivity index (χ1n) is 9.87. The number of benzene rings is 3. The maximum absolute atomic E-state index is 11.8. The molecule has 1 saturated carbocycles. The largest absolute Gasteiger partial charge is 0.480 e. The number of thioether (sulfide) groups is 1. The molecular formula is C24H22N2O2S. The van der Waals surface area contributed by atoms with Gasteiger partial charge in [-0.25, -0.2) is 4.98 Å². The molecule has 5 rings (SSSR count). The lowest BCUT2D eigenvalue weighted by atomic mass is 9.99. The number of aliphatic carboxylic acids is 1. The van der Waals surface area contributed by atoms with Crippen LogP contribution in [0.5, 0.6) is 0 Å². The number of imidazole rings is 1. The molecule has 0 amide bonds. The molecule has 1 aromatic heterocycles. The van der Waals surface area contributed by atoms with Gasteiger partial charge in [-0.3, -0.25) is 9.36 Å². The second-order valence-corrected chi connectivity index (χ2v) is 9.72. The first kappa shape index (κ1) is 18.3. The van der Waals surface area contributed by atoms with Gasteiger partial charge in [-0.05, 0) is 61.8 Å². The third-order valence-corrected chi connectivity index (χ3v) is 6.73. The van der Waals surface area contributed by atoms with Gasteiger partial charge in [0.05, 0.1) is 16.7 Å². The minimum absolute atomic E-state index is 0.660. The predicted molar refractivity (Wildman–Crippen MR) is 118 cm³/mol. The SMILES string of the molecule is CC(C)(Sc1nc2ccccc2n1-c1ccc(C2CC2)c2ccccc12)C(=O)O. The average Bonchev–Trinajstić information content (AvgIpc) is 3.48. The molecule has 4 nitrogen and oxygen atoms in total. The Morgan fingerprint density at radius 3 is 2.45 bits per heavy atom. The molecule has 0 unspecified atom stereocenters. The summed E-state index contributed by atoms with van der Waals surface area (Å²) >= 11 is 1.28. The molecule has 1 aliphatic carbocycles. The van der Waals surface area contributed by atoms with Gasteiger partial charge in [0.15, 0.2) is 5.16 Å². The fourth-order valence-electron chi connectivity index (χ4n) is 3.83. The van der Waals surface area contributed by atoms with E-state index in [0.29, 0.717) is 11.1 Å². The quantitative estimate of drug-likeness (QED) is 0.415. The van der Waals surface area contributed by atoms with E-state index in [-0.39, 0.29) is 0 Å². The molecule has 1 heterocycles. The predicted octanol–water partition coefficient (Wildman–Crippen LogP) is 6.01. The minimum atomic E-state index is -0.983. The van der Waals surface area contributed by atoms with Crippen molar-refractivity contribution in [3.8, 4) is 5.69 Å². The molecule has 5 heteroatoms. The zero-order valence-corrected chi connectivity index (χ0v) is 17.2. The van der Waals surface area contributed by atoms with Crippen molar-refractivity contribution in [3.63, 3.8) is 0 Å². The molecule has 0 aliphatic heterocycles. The van der Waals surface area contributed by atoms with E-state index in [2.05, 4.69) is 41.0 Å². The summed E-state index contributed by atoms with van der Waals surface area (Å²) in [7, 11) is 0. The fourth-order valence-corrected chi connectivity index (χ4v) is 4.80. The summed E-state index contributed by atoms with van der Waals surface area (Å²) in [5.41, 5.74) is 4.31. The van der Waals surface area contributed by atoms with Crippen LogP contribution in [0.2, 0.25) is 0 Å². The Bertz CT molecular complexity index is 1250. The number of carboxylic acid groups (broad SMARTS) is 1. The first-order valence-corrected chi connectivity index (χ1v) is 10.7. The van der Waals surface area contributed by atoms with Gasteiger partial charge in [-0.15, -0.1) is 0 Å². The van der Waals surface area contributed by atoms with Gasteiger partial charge in [0.2, 0.25) is 0 Å². The summed E-state index contributed by atoms with van der Waals surface area (Å²) in [6.45, 7) is 3.44. The van der Waals surface area contributed by atoms with Gasteiger partial charge in [-0.1, -0.05) is 54.2 Å². The summed E-state index contributed by atoms with van der Waals surface area (Å²) < 4.78 is 1.13. The molecule has 1 aliphatic rings. The molecule has 29 heavy (non-hydrogen) atoms. The van der Waals surface area contributed by atoms with Crippen molar-refractivity contribution in [2.45, 2.75) is 42.5 Å². The van der Waals surface area contributed by atoms with E-state index in [1.165, 1.54) is 40.9 Å². The van der Waals surface area contributed by atoms with E-state index in [9.17, 15) is 9.90 Å². The topological polar surface area (TPSA) is 55.1 Å². The van der Waals surface area contributed by atoms with Crippen LogP contribution >= 0.6 is 11.8 Å². The van der Waals surface area contributed by atoms with Gasteiger partial charge < -0.3 is 5.11 Å². The Kier molecular flexibility index (Phi) is 4.17. The van der Waals surface area contributed by atoms with E-state index in [1.807, 2.05) is 24.3 Å². The van der Waals surface area contributed by atoms with Crippen LogP contribution in [0.4, 0.5) is 0 Å². The molecule has 146 valence electrons. The van der Waals surface area contributed by atoms with Crippen LogP contribution < -0.4 is 0 Å². The number of hydrogen-bond donors (Lipinski definition) is 1. The number of hydrogen-bond acceptors (Lipinski definition) is 3. The monoisotopic (exact) mass is 402 g/mol. The molecule has 4 aromatic rings. The zero-order valence-electron chi connectivity index (χ0n) is 16.4. The summed E-state index contributed by atoms with van der Waals surface area (Å²) in [4.78, 5) is 16.6. The Labute approximate surface area is 173 Å². The Morgan fingerprint density at radius 2 is 1.72 bits per heavy atom. The van der Waals surface area contributed by atoms with Crippen molar-refractivity contribution in [1.29, 1.82) is 0 Å². The molecule has 0 bridgehead atoms. The first-order chi connectivity index (χ1) is 14.0. The highest BCUT2D eigenvalue weighted by atomic mass is 32.2. The normalized spacial score (nSPS) is 14.6. The number of aromatic nitrogens is 2. The van der Waals surface area contributed by atoms with Crippen LogP contribution in [-0.2, 0) is 4.79 Å². The van der Waals surface area contributed by atoms with E-state index in [4.69, 9.17) is 4.98 Å². The summed E-state index contributed by atoms with van der Waals surface area (Å²) in [5.74, 6) is -0.191. The zero-order chi connectivity index (χ0) is 20.2. The summed E-state index contributed by atoms with van der Waals surface area (Å²) in [5, 5.41) is 12.8. The van der Waals surface area contributed by atoms with Gasteiger partial charge in [0.1, 0.15) is 4.75 Å². The highest BCUT2D eigenvalue weighted by Gasteiger charge is 2.32. The lowest BCUT2D eigenvalue weighted by molar-refractivity contribution is -0.138. The number of carbonyl (C=O) groups is 1. The van der Waals surface area contributed by atoms with Crippen LogP contribution in [0, 0.1) is 0 Å². The minimum Gasteiger partial charge on any atom is -0.480 e. The van der Waals surface area contributed by atoms with Crippen molar-refractivity contribution < 1.29 is 9.90 Å². The Hall–Kier alpha value is -2.79. The van der Waals surface area contributed by atoms with Crippen molar-refractivity contribution in [2.24, 2.45) is 0 Å². The maximum Gasteiger partial charge on any atom is 0.319 e. The van der Waals surface area contributed by atoms with Crippen LogP contribution in [-0.4, -0.2) is 25.4 Å². The Morgan fingerprint density at radius 1 is 1.03 bits per heavy atom. The molecule has 0 saturated heterocycles. The number of carboxylic acids is 1. The molecule has 1 N–H and O–H groups in total. The third kappa shape index (κ3) is 3.10. The number of rotatable bonds is 5. The maximum atomic E-state index is 11.8. The van der Waals surface area contributed by atoms with Crippen molar-refractivity contribution in [2.75, 3.05) is 0 Å². The van der Waals surface area contributed by atoms with Crippen molar-refractivity contribution in [3.05, 3.63) is 66.2 Å². The molecular weight excluding hydrogens is 380 g/mol. The lowest BCUT2D eigenvalue weighted by Crippen LogP contribution is -2.27. The van der Waals surface area contributed by atoms with Gasteiger partial charge in [0, 0.05) is 5.39 Å². The second kappa shape index (κ2) is 6.63. The van der Waals surface area contributed by atoms with Gasteiger partial charge in [0.25, 0.3) is 0 Å². The highest BCUT2D eigenvalue weighted by Crippen LogP contribution is 2.45. The molecule has 0 atom stereocenters. The smallest absolute Gasteiger partial charge is 0.319 e. The number of fused-ring (bicyclic) bond motifs is 2. The second-order valence-electron chi connectivity index (χ2n) is 8.13. The van der Waals surface area contributed by atoms with Crippen molar-refractivity contribution in [1.82, 2.24) is 9.55 Å². The standard InChI is InChI=1S/C24H22N2O2S/c1-24(2,22(27)28)29-23-25-19-9-5-6-10-21(19)26(23)20-14-13-16(15-11-12-15)17-7-3-4-8-18(17)20/h3-10,13-15H,11-12H2,1-2H3,(H,27,28). The van der Waals surface area contributed by atoms with Crippen LogP contribution in [0.1, 0.15) is 38.2 Å². The number of para-hydroxylation sites is 2. The summed E-state index contributed by atoms with van der Waals surface area (Å²) in [6, 6.07) is 20.9. The lowest BCUT2D eigenvalue weighted by Gasteiger charge is -2.20. The fraction of sp³-hybridized carbons (Fsp3) is 0.250. The van der Waals surface area contributed by atoms with Crippen molar-refractivity contribution >= 4 is 39.5 Å². The third-order valence-electron chi connectivity index (χ3n) is 5.58. The van der Waals surface area contributed by atoms with Gasteiger partial charge in [-0.2, -0.15) is 0 Å². The van der Waals surface area contributed by atoms with E-state index in [1.54, 1.807) is 13.8 Å².